The summed E-state index contributed by atoms with van der Waals surface area (Å²) >= 11 is 0. The molecule has 0 N–H and O–H groups in total. The Balaban J connectivity index is 0. The first-order valence-corrected chi connectivity index (χ1v) is 0. The van der Waals surface area contributed by atoms with Gasteiger partial charge in [-0.3, -0.25) is 0 Å². The second-order valence-electron chi connectivity index (χ2n) is 0. The Morgan fingerprint density at radius 1 is 0.0455 bits per heavy atom. The van der Waals surface area contributed by atoms with Crippen LogP contribution in [0.1, 0.15) is 0 Å². The van der Waals surface area contributed by atoms with Crippen molar-refractivity contribution in [3.8, 4) is 0 Å². The first-order chi connectivity index (χ1) is 0. The summed E-state index contributed by atoms with van der Waals surface area (Å²) in [5.74, 6) is 0. The van der Waals surface area contributed by atoms with Crippen molar-refractivity contribution in [3.63, 3.8) is 0 Å². The molecule has 0 nitrogen and oxygen atoms in total. The van der Waals surface area contributed by atoms with Gasteiger partial charge in [-0.2, -0.15) is 0 Å². The molecule has 0 saturated heterocycles. The summed E-state index contributed by atoms with van der Waals surface area (Å²) in [5, 5.41) is 0. The molecule has 0 aliphatic heterocycles. The van der Waals surface area contributed by atoms with Gasteiger partial charge in [0.25, 0.3) is 0 Å². The van der Waals surface area contributed by atoms with Gasteiger partial charge < -0.3 is 0 Å². The maximum absolute atomic E-state index is 0. The van der Waals surface area contributed by atoms with Crippen LogP contribution in [0.3, 0.4) is 0 Å². The molecule has 0 fully saturated rings. The second-order valence-corrected chi connectivity index (χ2v) is 0. The molecule has 22 heteroatoms. The van der Waals surface area contributed by atoms with Crippen molar-refractivity contribution in [3.05, 3.63) is 0 Å². The molecule has 0 bridgehead atoms. The second kappa shape index (κ2) is 151. The summed E-state index contributed by atoms with van der Waals surface area (Å²) in [7, 11) is 0. The fourth-order valence-electron chi connectivity index (χ4n) is 0. The van der Waals surface area contributed by atoms with Crippen molar-refractivity contribution in [1.29, 1.82) is 0 Å². The van der Waals surface area contributed by atoms with E-state index in [1.807, 2.05) is 0 Å². The van der Waals surface area contributed by atoms with Crippen molar-refractivity contribution in [1.82, 2.24) is 0 Å². The molecule has 22 radical (unpaired) electrons. The molecule has 0 saturated carbocycles. The van der Waals surface area contributed by atoms with Crippen molar-refractivity contribution in [2.75, 3.05) is 0 Å². The Morgan fingerprint density at radius 2 is 0.0455 bits per heavy atom. The zero-order valence-corrected chi connectivity index (χ0v) is 75.1. The summed E-state index contributed by atoms with van der Waals surface area (Å²) in [4.78, 5) is 0. The number of hydrogen-bond donors (Lipinski definition) is 0. The van der Waals surface area contributed by atoms with Crippen LogP contribution in [0.15, 0.2) is 0 Å². The molecule has 0 spiro atoms. The minimum atomic E-state index is 0. The van der Waals surface area contributed by atoms with Crippen LogP contribution in [0.2, 0.25) is 0 Å². The zero-order chi connectivity index (χ0) is 0. The van der Waals surface area contributed by atoms with Gasteiger partial charge >= 0.3 is 0 Å². The standard InChI is InChI=1S/22Y. The molecular formula is Y22. The van der Waals surface area contributed by atoms with Crippen LogP contribution in [0.5, 0.6) is 0 Å². The monoisotopic (exact) mass is 1960 g/mol. The van der Waals surface area contributed by atoms with E-state index in [1.165, 1.54) is 0 Å². The average molecular weight is 1960 g/mol. The van der Waals surface area contributed by atoms with E-state index in [0.717, 1.165) is 0 Å². The molecule has 0 atom stereocenters. The maximum Gasteiger partial charge on any atom is 0 e. The SMILES string of the molecule is [Y].[Y].[Y].[Y].[Y].[Y].[Y].[Y].[Y].[Y].[Y].[Y].[Y].[Y].[Y].[Y].[Y].[Y].[Y].[Y].[Y].[Y]. The van der Waals surface area contributed by atoms with Crippen molar-refractivity contribution in [2.24, 2.45) is 0 Å². The van der Waals surface area contributed by atoms with Gasteiger partial charge in [0.05, 0.1) is 0 Å². The third-order valence-corrected chi connectivity index (χ3v) is 0. The van der Waals surface area contributed by atoms with Crippen LogP contribution < -0.4 is 0 Å². The van der Waals surface area contributed by atoms with E-state index in [9.17, 15) is 0 Å². The molecule has 0 aliphatic carbocycles. The average Bonchev–Trinajstić information content (AvgIpc) is 0. The number of hydrogen-bond acceptors (Lipinski definition) is 0. The molecule has 0 aromatic heterocycles. The van der Waals surface area contributed by atoms with Gasteiger partial charge in [0.15, 0.2) is 0 Å². The predicted molar refractivity (Wildman–Crippen MR) is 0 cm³/mol. The van der Waals surface area contributed by atoms with Gasteiger partial charge in [-0.05, 0) is 0 Å². The minimum Gasteiger partial charge on any atom is 0 e. The Morgan fingerprint density at radius 3 is 0.0455 bits per heavy atom. The van der Waals surface area contributed by atoms with Gasteiger partial charge in [0.1, 0.15) is 0 Å². The van der Waals surface area contributed by atoms with Crippen LogP contribution in [0.4, 0.5) is 0 Å². The van der Waals surface area contributed by atoms with E-state index in [2.05, 4.69) is 0 Å². The van der Waals surface area contributed by atoms with Gasteiger partial charge in [0.2, 0.25) is 0 Å². The van der Waals surface area contributed by atoms with Crippen molar-refractivity contribution in [2.45, 2.75) is 0 Å². The summed E-state index contributed by atoms with van der Waals surface area (Å²) in [6, 6.07) is 0. The minimum absolute atomic E-state index is 0. The van der Waals surface area contributed by atoms with Crippen molar-refractivity contribution >= 4 is 0 Å². The van der Waals surface area contributed by atoms with Crippen LogP contribution in [-0.2, 0) is 720 Å². The Kier molecular flexibility index (Phi) is 1100. The van der Waals surface area contributed by atoms with Gasteiger partial charge in [-0.25, -0.2) is 0 Å². The van der Waals surface area contributed by atoms with E-state index in [0.29, 0.717) is 0 Å². The van der Waals surface area contributed by atoms with Gasteiger partial charge in [-0.1, -0.05) is 0 Å². The van der Waals surface area contributed by atoms with E-state index in [-0.39, 0.29) is 720 Å². The molecular weight excluding hydrogens is 1960 g/mol. The predicted octanol–water partition coefficient (Wildman–Crippen LogP) is -0.0550. The molecule has 0 aromatic rings. The molecule has 0 heterocycles. The van der Waals surface area contributed by atoms with E-state index in [4.69, 9.17) is 0 Å². The van der Waals surface area contributed by atoms with E-state index < -0.39 is 0 Å². The topological polar surface area (TPSA) is 0 Å². The third kappa shape index (κ3) is 141. The molecule has 22 heavy (non-hydrogen) atoms. The van der Waals surface area contributed by atoms with E-state index in [1.54, 1.807) is 0 Å². The summed E-state index contributed by atoms with van der Waals surface area (Å²) in [6.07, 6.45) is 0. The van der Waals surface area contributed by atoms with Crippen LogP contribution in [0, 0.1) is 0 Å². The van der Waals surface area contributed by atoms with Crippen LogP contribution in [0.25, 0.3) is 0 Å². The largest absolute Gasteiger partial charge is 0 e. The molecule has 66 valence electrons. The molecule has 0 unspecified atom stereocenters. The van der Waals surface area contributed by atoms with Gasteiger partial charge in [0, 0.05) is 720 Å². The zero-order valence-electron chi connectivity index (χ0n) is 12.7. The summed E-state index contributed by atoms with van der Waals surface area (Å²) in [5.41, 5.74) is 0. The fourth-order valence-corrected chi connectivity index (χ4v) is 0. The van der Waals surface area contributed by atoms with Crippen molar-refractivity contribution < 1.29 is 720 Å². The van der Waals surface area contributed by atoms with Crippen LogP contribution >= 0.6 is 0 Å². The Hall–Kier alpha value is 24.3. The van der Waals surface area contributed by atoms with Crippen LogP contribution in [-0.4, -0.2) is 0 Å². The third-order valence-electron chi connectivity index (χ3n) is 0. The summed E-state index contributed by atoms with van der Waals surface area (Å²) < 4.78 is 0. The first kappa shape index (κ1) is 161. The Labute approximate surface area is 692 Å². The maximum atomic E-state index is 0. The quantitative estimate of drug-likeness (QED) is 0.320. The van der Waals surface area contributed by atoms with Gasteiger partial charge in [-0.15, -0.1) is 0 Å². The fraction of sp³-hybridized carbons (Fsp3) is 0. The summed E-state index contributed by atoms with van der Waals surface area (Å²) in [6.45, 7) is 0. The number of rotatable bonds is 0. The smallest absolute Gasteiger partial charge is 0 e. The normalized spacial score (nSPS) is 0. The Bertz CT molecular complexity index is 0. The molecule has 0 amide bonds. The van der Waals surface area contributed by atoms with E-state index >= 15 is 0 Å². The molecule has 0 aromatic carbocycles. The first-order valence-electron chi connectivity index (χ1n) is 0. The molecule has 0 aliphatic rings. The molecule has 0 rings (SSSR count).